The molecule has 0 atom stereocenters. The number of benzene rings is 1. The van der Waals surface area contributed by atoms with E-state index in [0.29, 0.717) is 12.2 Å². The van der Waals surface area contributed by atoms with E-state index < -0.39 is 0 Å². The number of Topliss-reactive ketones (excluding diaryl/α,β-unsaturated/α-hetero) is 1. The first-order valence-electron chi connectivity index (χ1n) is 6.70. The molecule has 0 aliphatic carbocycles. The number of aromatic nitrogens is 2. The zero-order valence-corrected chi connectivity index (χ0v) is 11.6. The minimum Gasteiger partial charge on any atom is -0.453 e. The van der Waals surface area contributed by atoms with E-state index in [1.54, 1.807) is 6.20 Å². The molecule has 0 unspecified atom stereocenters. The minimum absolute atomic E-state index is 0.0190. The molecule has 3 rings (SSSR count). The number of hydrogen-bond acceptors (Lipinski definition) is 3. The van der Waals surface area contributed by atoms with Crippen molar-refractivity contribution >= 4 is 16.8 Å². The topological polar surface area (TPSA) is 48.0 Å². The van der Waals surface area contributed by atoms with Crippen LogP contribution in [-0.4, -0.2) is 15.6 Å². The van der Waals surface area contributed by atoms with Crippen molar-refractivity contribution < 1.29 is 9.21 Å². The lowest BCUT2D eigenvalue weighted by Crippen LogP contribution is -2.01. The van der Waals surface area contributed by atoms with Gasteiger partial charge in [0.05, 0.1) is 6.20 Å². The summed E-state index contributed by atoms with van der Waals surface area (Å²) in [5, 5.41) is 5.14. The molecule has 0 saturated heterocycles. The Balaban J connectivity index is 1.84. The van der Waals surface area contributed by atoms with Crippen molar-refractivity contribution in [1.29, 1.82) is 0 Å². The van der Waals surface area contributed by atoms with Crippen LogP contribution < -0.4 is 0 Å². The maximum absolute atomic E-state index is 12.2. The Morgan fingerprint density at radius 3 is 2.95 bits per heavy atom. The summed E-state index contributed by atoms with van der Waals surface area (Å²) in [5.74, 6) is 0.393. The molecule has 3 aromatic rings. The van der Waals surface area contributed by atoms with Gasteiger partial charge in [0.2, 0.25) is 5.78 Å². The van der Waals surface area contributed by atoms with Crippen molar-refractivity contribution in [2.24, 2.45) is 0 Å². The smallest absolute Gasteiger partial charge is 0.202 e. The first kappa shape index (κ1) is 12.7. The lowest BCUT2D eigenvalue weighted by Gasteiger charge is -1.94. The van der Waals surface area contributed by atoms with Crippen LogP contribution >= 0.6 is 0 Å². The van der Waals surface area contributed by atoms with Gasteiger partial charge in [0, 0.05) is 24.5 Å². The highest BCUT2D eigenvalue weighted by Gasteiger charge is 2.14. The number of rotatable bonds is 4. The second-order valence-corrected chi connectivity index (χ2v) is 4.96. The van der Waals surface area contributed by atoms with Crippen molar-refractivity contribution in [2.45, 2.75) is 26.8 Å². The summed E-state index contributed by atoms with van der Waals surface area (Å²) in [7, 11) is 0. The molecule has 0 amide bonds. The second-order valence-electron chi connectivity index (χ2n) is 4.96. The predicted molar refractivity (Wildman–Crippen MR) is 76.9 cm³/mol. The lowest BCUT2D eigenvalue weighted by molar-refractivity contribution is 0.0968. The summed E-state index contributed by atoms with van der Waals surface area (Å²) in [4.78, 5) is 12.2. The van der Waals surface area contributed by atoms with E-state index in [9.17, 15) is 4.79 Å². The molecule has 102 valence electrons. The summed E-state index contributed by atoms with van der Waals surface area (Å²) < 4.78 is 7.42. The Labute approximate surface area is 117 Å². The Bertz CT molecular complexity index is 768. The Hall–Kier alpha value is -2.36. The second kappa shape index (κ2) is 4.96. The van der Waals surface area contributed by atoms with Crippen LogP contribution in [0.1, 0.15) is 28.6 Å². The number of fused-ring (bicyclic) bond motifs is 1. The van der Waals surface area contributed by atoms with Crippen LogP contribution in [0.15, 0.2) is 41.1 Å². The molecule has 0 spiro atoms. The Morgan fingerprint density at radius 1 is 1.35 bits per heavy atom. The fourth-order valence-corrected chi connectivity index (χ4v) is 2.24. The van der Waals surface area contributed by atoms with E-state index in [2.05, 4.69) is 5.10 Å². The minimum atomic E-state index is -0.0190. The number of hydrogen-bond donors (Lipinski definition) is 0. The molecule has 0 aliphatic heterocycles. The van der Waals surface area contributed by atoms with Crippen LogP contribution in [-0.2, 0) is 13.0 Å². The predicted octanol–water partition coefficient (Wildman–Crippen LogP) is 3.38. The van der Waals surface area contributed by atoms with Gasteiger partial charge in [-0.25, -0.2) is 0 Å². The summed E-state index contributed by atoms with van der Waals surface area (Å²) in [5.41, 5.74) is 2.82. The zero-order chi connectivity index (χ0) is 14.1. The molecule has 4 heteroatoms. The van der Waals surface area contributed by atoms with Crippen molar-refractivity contribution in [1.82, 2.24) is 9.78 Å². The maximum Gasteiger partial charge on any atom is 0.202 e. The van der Waals surface area contributed by atoms with Gasteiger partial charge in [-0.1, -0.05) is 11.6 Å². The van der Waals surface area contributed by atoms with Crippen molar-refractivity contribution in [3.63, 3.8) is 0 Å². The average molecular weight is 268 g/mol. The third-order valence-electron chi connectivity index (χ3n) is 3.32. The summed E-state index contributed by atoms with van der Waals surface area (Å²) in [6.07, 6.45) is 3.94. The van der Waals surface area contributed by atoms with Crippen LogP contribution in [0.25, 0.3) is 11.0 Å². The van der Waals surface area contributed by atoms with E-state index >= 15 is 0 Å². The molecule has 0 fully saturated rings. The standard InChI is InChI=1S/C16H16N2O2/c1-3-18-10-12(9-17-18)7-14(19)16-8-13-6-11(2)4-5-15(13)20-16/h4-6,8-10H,3,7H2,1-2H3. The summed E-state index contributed by atoms with van der Waals surface area (Å²) in [6.45, 7) is 4.84. The quantitative estimate of drug-likeness (QED) is 0.681. The van der Waals surface area contributed by atoms with Crippen molar-refractivity contribution in [3.8, 4) is 0 Å². The van der Waals surface area contributed by atoms with Gasteiger partial charge in [0.1, 0.15) is 5.58 Å². The third-order valence-corrected chi connectivity index (χ3v) is 3.32. The molecule has 0 N–H and O–H groups in total. The number of aryl methyl sites for hydroxylation is 2. The average Bonchev–Trinajstić information content (AvgIpc) is 3.04. The van der Waals surface area contributed by atoms with Gasteiger partial charge in [0.15, 0.2) is 5.76 Å². The maximum atomic E-state index is 12.2. The fraction of sp³-hybridized carbons (Fsp3) is 0.250. The van der Waals surface area contributed by atoms with Crippen LogP contribution in [0.2, 0.25) is 0 Å². The van der Waals surface area contributed by atoms with Gasteiger partial charge in [-0.2, -0.15) is 5.10 Å². The molecule has 0 bridgehead atoms. The number of nitrogens with zero attached hydrogens (tertiary/aromatic N) is 2. The first-order valence-corrected chi connectivity index (χ1v) is 6.70. The molecule has 20 heavy (non-hydrogen) atoms. The fourth-order valence-electron chi connectivity index (χ4n) is 2.24. The van der Waals surface area contributed by atoms with Gasteiger partial charge < -0.3 is 4.42 Å². The highest BCUT2D eigenvalue weighted by Crippen LogP contribution is 2.21. The van der Waals surface area contributed by atoms with E-state index in [1.165, 1.54) is 0 Å². The van der Waals surface area contributed by atoms with Crippen molar-refractivity contribution in [2.75, 3.05) is 0 Å². The normalized spacial score (nSPS) is 11.1. The molecule has 2 heterocycles. The number of ketones is 1. The zero-order valence-electron chi connectivity index (χ0n) is 11.6. The van der Waals surface area contributed by atoms with Crippen LogP contribution in [0, 0.1) is 6.92 Å². The molecule has 1 aromatic carbocycles. The molecule has 0 radical (unpaired) electrons. The molecule has 4 nitrogen and oxygen atoms in total. The first-order chi connectivity index (χ1) is 9.65. The monoisotopic (exact) mass is 268 g/mol. The third kappa shape index (κ3) is 2.37. The molecule has 0 aliphatic rings. The number of furan rings is 1. The lowest BCUT2D eigenvalue weighted by atomic mass is 10.1. The largest absolute Gasteiger partial charge is 0.453 e. The van der Waals surface area contributed by atoms with Crippen LogP contribution in [0.4, 0.5) is 0 Å². The SMILES string of the molecule is CCn1cc(CC(=O)c2cc3cc(C)ccc3o2)cn1. The van der Waals surface area contributed by atoms with Crippen LogP contribution in [0.3, 0.4) is 0 Å². The number of carbonyl (C=O) groups excluding carboxylic acids is 1. The summed E-state index contributed by atoms with van der Waals surface area (Å²) >= 11 is 0. The van der Waals surface area contributed by atoms with E-state index in [4.69, 9.17) is 4.42 Å². The van der Waals surface area contributed by atoms with Gasteiger partial charge in [-0.3, -0.25) is 9.48 Å². The van der Waals surface area contributed by atoms with Crippen molar-refractivity contribution in [3.05, 3.63) is 53.5 Å². The van der Waals surface area contributed by atoms with E-state index in [0.717, 1.165) is 28.6 Å². The van der Waals surface area contributed by atoms with Crippen LogP contribution in [0.5, 0.6) is 0 Å². The molecule has 0 saturated carbocycles. The molecular formula is C16H16N2O2. The van der Waals surface area contributed by atoms with Gasteiger partial charge >= 0.3 is 0 Å². The van der Waals surface area contributed by atoms with Gasteiger partial charge in [0.25, 0.3) is 0 Å². The molecular weight excluding hydrogens is 252 g/mol. The highest BCUT2D eigenvalue weighted by atomic mass is 16.3. The van der Waals surface area contributed by atoms with Gasteiger partial charge in [-0.05, 0) is 37.6 Å². The summed E-state index contributed by atoms with van der Waals surface area (Å²) in [6, 6.07) is 7.71. The van der Waals surface area contributed by atoms with E-state index in [-0.39, 0.29) is 5.78 Å². The Morgan fingerprint density at radius 2 is 2.20 bits per heavy atom. The molecule has 2 aromatic heterocycles. The van der Waals surface area contributed by atoms with Gasteiger partial charge in [-0.15, -0.1) is 0 Å². The number of carbonyl (C=O) groups is 1. The Kier molecular flexibility index (Phi) is 3.14. The van der Waals surface area contributed by atoms with E-state index in [1.807, 2.05) is 49.0 Å². The highest BCUT2D eigenvalue weighted by molar-refractivity contribution is 5.98.